The fourth-order valence-electron chi connectivity index (χ4n) is 1.59. The van der Waals surface area contributed by atoms with Crippen LogP contribution in [0.1, 0.15) is 30.4 Å². The zero-order chi connectivity index (χ0) is 9.97. The number of halogens is 1. The Labute approximate surface area is 92.9 Å². The molecular weight excluding hydrogens is 238 g/mol. The Morgan fingerprint density at radius 3 is 2.86 bits per heavy atom. The number of hydrogen-bond acceptors (Lipinski definition) is 1. The van der Waals surface area contributed by atoms with Crippen molar-refractivity contribution in [2.75, 3.05) is 0 Å². The summed E-state index contributed by atoms with van der Waals surface area (Å²) in [6.07, 6.45) is 5.21. The van der Waals surface area contributed by atoms with Crippen molar-refractivity contribution in [1.82, 2.24) is 0 Å². The lowest BCUT2D eigenvalue weighted by molar-refractivity contribution is 0.726. The van der Waals surface area contributed by atoms with E-state index in [1.165, 1.54) is 24.8 Å². The normalized spacial score (nSPS) is 15.1. The van der Waals surface area contributed by atoms with Crippen LogP contribution in [0.25, 0.3) is 0 Å². The molecule has 0 unspecified atom stereocenters. The van der Waals surface area contributed by atoms with Crippen LogP contribution >= 0.6 is 15.9 Å². The SMILES string of the molecule is N#Cc1cc(CCC2CC2)ccc1Br. The Morgan fingerprint density at radius 2 is 2.21 bits per heavy atom. The van der Waals surface area contributed by atoms with E-state index in [2.05, 4.69) is 28.1 Å². The molecule has 0 amide bonds. The number of nitriles is 1. The third-order valence-corrected chi connectivity index (χ3v) is 3.38. The van der Waals surface area contributed by atoms with Crippen LogP contribution in [-0.4, -0.2) is 0 Å². The maximum absolute atomic E-state index is 8.85. The second kappa shape index (κ2) is 4.14. The highest BCUT2D eigenvalue weighted by Gasteiger charge is 2.20. The Bertz CT molecular complexity index is 374. The van der Waals surface area contributed by atoms with E-state index in [1.807, 2.05) is 12.1 Å². The number of rotatable bonds is 3. The first-order valence-corrected chi connectivity index (χ1v) is 5.77. The molecule has 1 saturated carbocycles. The van der Waals surface area contributed by atoms with Crippen molar-refractivity contribution in [1.29, 1.82) is 5.26 Å². The maximum atomic E-state index is 8.85. The molecule has 0 aromatic heterocycles. The second-order valence-electron chi connectivity index (χ2n) is 3.91. The average Bonchev–Trinajstić information content (AvgIpc) is 3.00. The van der Waals surface area contributed by atoms with Crippen LogP contribution in [0.5, 0.6) is 0 Å². The molecule has 1 fully saturated rings. The molecule has 1 aromatic carbocycles. The van der Waals surface area contributed by atoms with Crippen LogP contribution in [0.4, 0.5) is 0 Å². The molecule has 2 heteroatoms. The van der Waals surface area contributed by atoms with Gasteiger partial charge in [-0.05, 0) is 52.4 Å². The molecule has 1 aliphatic carbocycles. The summed E-state index contributed by atoms with van der Waals surface area (Å²) in [5, 5.41) is 8.85. The molecule has 14 heavy (non-hydrogen) atoms. The zero-order valence-corrected chi connectivity index (χ0v) is 9.55. The molecule has 0 heterocycles. The fraction of sp³-hybridized carbons (Fsp3) is 0.417. The van der Waals surface area contributed by atoms with Crippen LogP contribution in [0, 0.1) is 17.2 Å². The highest BCUT2D eigenvalue weighted by Crippen LogP contribution is 2.33. The minimum atomic E-state index is 0.748. The van der Waals surface area contributed by atoms with Crippen LogP contribution in [-0.2, 0) is 6.42 Å². The van der Waals surface area contributed by atoms with Gasteiger partial charge in [0.25, 0.3) is 0 Å². The third-order valence-electron chi connectivity index (χ3n) is 2.69. The van der Waals surface area contributed by atoms with Gasteiger partial charge in [0.2, 0.25) is 0 Å². The van der Waals surface area contributed by atoms with E-state index in [9.17, 15) is 0 Å². The van der Waals surface area contributed by atoms with E-state index >= 15 is 0 Å². The number of benzene rings is 1. The molecule has 0 spiro atoms. The van der Waals surface area contributed by atoms with E-state index in [1.54, 1.807) is 0 Å². The molecule has 0 aliphatic heterocycles. The monoisotopic (exact) mass is 249 g/mol. The molecule has 0 saturated heterocycles. The summed E-state index contributed by atoms with van der Waals surface area (Å²) in [5.41, 5.74) is 2.04. The van der Waals surface area contributed by atoms with Crippen molar-refractivity contribution in [3.8, 4) is 6.07 Å². The van der Waals surface area contributed by atoms with E-state index < -0.39 is 0 Å². The van der Waals surface area contributed by atoms with Gasteiger partial charge in [-0.15, -0.1) is 0 Å². The molecule has 1 aliphatic rings. The van der Waals surface area contributed by atoms with Crippen molar-refractivity contribution in [2.24, 2.45) is 5.92 Å². The van der Waals surface area contributed by atoms with Gasteiger partial charge in [0.15, 0.2) is 0 Å². The van der Waals surface area contributed by atoms with E-state index in [0.29, 0.717) is 0 Å². The number of nitrogens with zero attached hydrogens (tertiary/aromatic N) is 1. The van der Waals surface area contributed by atoms with Crippen LogP contribution < -0.4 is 0 Å². The Balaban J connectivity index is 2.06. The molecule has 0 radical (unpaired) electrons. The van der Waals surface area contributed by atoms with Crippen molar-refractivity contribution in [3.05, 3.63) is 33.8 Å². The van der Waals surface area contributed by atoms with Gasteiger partial charge < -0.3 is 0 Å². The molecule has 0 atom stereocenters. The molecule has 2 rings (SSSR count). The first kappa shape index (κ1) is 9.73. The Morgan fingerprint density at radius 1 is 1.43 bits per heavy atom. The fourth-order valence-corrected chi connectivity index (χ4v) is 1.93. The summed E-state index contributed by atoms with van der Waals surface area (Å²) in [4.78, 5) is 0. The first-order valence-electron chi connectivity index (χ1n) is 4.98. The van der Waals surface area contributed by atoms with Crippen molar-refractivity contribution in [3.63, 3.8) is 0 Å². The minimum Gasteiger partial charge on any atom is -0.192 e. The van der Waals surface area contributed by atoms with Gasteiger partial charge in [0, 0.05) is 4.47 Å². The zero-order valence-electron chi connectivity index (χ0n) is 7.96. The highest BCUT2D eigenvalue weighted by atomic mass is 79.9. The van der Waals surface area contributed by atoms with Crippen LogP contribution in [0.3, 0.4) is 0 Å². The molecule has 72 valence electrons. The number of hydrogen-bond donors (Lipinski definition) is 0. The van der Waals surface area contributed by atoms with E-state index in [0.717, 1.165) is 22.4 Å². The van der Waals surface area contributed by atoms with Gasteiger partial charge in [0.05, 0.1) is 5.56 Å². The molecule has 0 N–H and O–H groups in total. The Hall–Kier alpha value is -0.810. The number of aryl methyl sites for hydroxylation is 1. The van der Waals surface area contributed by atoms with E-state index in [4.69, 9.17) is 5.26 Å². The Kier molecular flexibility index (Phi) is 2.88. The second-order valence-corrected chi connectivity index (χ2v) is 4.76. The smallest absolute Gasteiger partial charge is 0.100 e. The quantitative estimate of drug-likeness (QED) is 0.803. The van der Waals surface area contributed by atoms with Crippen LogP contribution in [0.15, 0.2) is 22.7 Å². The van der Waals surface area contributed by atoms with Gasteiger partial charge in [-0.1, -0.05) is 18.9 Å². The maximum Gasteiger partial charge on any atom is 0.100 e. The van der Waals surface area contributed by atoms with Gasteiger partial charge >= 0.3 is 0 Å². The van der Waals surface area contributed by atoms with Crippen LogP contribution in [0.2, 0.25) is 0 Å². The first-order chi connectivity index (χ1) is 6.79. The summed E-state index contributed by atoms with van der Waals surface area (Å²) in [7, 11) is 0. The predicted octanol–water partition coefficient (Wildman–Crippen LogP) is 3.66. The molecule has 0 bridgehead atoms. The summed E-state index contributed by atoms with van der Waals surface area (Å²) in [6.45, 7) is 0. The summed E-state index contributed by atoms with van der Waals surface area (Å²) < 4.78 is 0.898. The van der Waals surface area contributed by atoms with Gasteiger partial charge in [-0.2, -0.15) is 5.26 Å². The topological polar surface area (TPSA) is 23.8 Å². The van der Waals surface area contributed by atoms with Gasteiger partial charge in [-0.25, -0.2) is 0 Å². The predicted molar refractivity (Wildman–Crippen MR) is 59.9 cm³/mol. The summed E-state index contributed by atoms with van der Waals surface area (Å²) >= 11 is 3.36. The molecule has 1 aromatic rings. The van der Waals surface area contributed by atoms with Crippen molar-refractivity contribution in [2.45, 2.75) is 25.7 Å². The van der Waals surface area contributed by atoms with E-state index in [-0.39, 0.29) is 0 Å². The average molecular weight is 250 g/mol. The lowest BCUT2D eigenvalue weighted by atomic mass is 10.1. The van der Waals surface area contributed by atoms with Crippen molar-refractivity contribution < 1.29 is 0 Å². The van der Waals surface area contributed by atoms with Gasteiger partial charge in [-0.3, -0.25) is 0 Å². The highest BCUT2D eigenvalue weighted by molar-refractivity contribution is 9.10. The third kappa shape index (κ3) is 2.36. The summed E-state index contributed by atoms with van der Waals surface area (Å²) in [6, 6.07) is 8.26. The summed E-state index contributed by atoms with van der Waals surface area (Å²) in [5.74, 6) is 0.962. The lowest BCUT2D eigenvalue weighted by Crippen LogP contribution is -1.88. The lowest BCUT2D eigenvalue weighted by Gasteiger charge is -2.02. The van der Waals surface area contributed by atoms with Crippen molar-refractivity contribution >= 4 is 15.9 Å². The molecule has 1 nitrogen and oxygen atoms in total. The largest absolute Gasteiger partial charge is 0.192 e. The minimum absolute atomic E-state index is 0.748. The molecular formula is C12H12BrN. The standard InChI is InChI=1S/C12H12BrN/c13-12-6-5-10(7-11(12)8-14)4-3-9-1-2-9/h5-7,9H,1-4H2. The van der Waals surface area contributed by atoms with Gasteiger partial charge in [0.1, 0.15) is 6.07 Å².